The molecule has 0 aliphatic rings. The number of rotatable bonds is 6. The highest BCUT2D eigenvalue weighted by atomic mass is 19.3. The minimum atomic E-state index is -2.97. The van der Waals surface area contributed by atoms with Crippen LogP contribution in [-0.2, 0) is 6.54 Å². The first kappa shape index (κ1) is 15.9. The van der Waals surface area contributed by atoms with E-state index in [1.807, 2.05) is 0 Å². The van der Waals surface area contributed by atoms with Gasteiger partial charge in [0, 0.05) is 17.3 Å². The molecule has 0 saturated heterocycles. The molecule has 0 saturated carbocycles. The van der Waals surface area contributed by atoms with E-state index in [0.29, 0.717) is 23.4 Å². The van der Waals surface area contributed by atoms with Gasteiger partial charge < -0.3 is 9.47 Å². The number of alkyl halides is 2. The fourth-order valence-corrected chi connectivity index (χ4v) is 2.32. The Balaban J connectivity index is 2.05. The normalized spacial score (nSPS) is 10.8. The van der Waals surface area contributed by atoms with Crippen molar-refractivity contribution in [1.82, 2.24) is 19.7 Å². The number of ether oxygens (including phenoxy) is 2. The SMILES string of the molecule is COc1ccccc1-c1cc(Cn2cncn2)cnc1OC(F)F. The van der Waals surface area contributed by atoms with Crippen LogP contribution in [0, 0.1) is 0 Å². The highest BCUT2D eigenvalue weighted by Gasteiger charge is 2.17. The van der Waals surface area contributed by atoms with Crippen LogP contribution in [0.15, 0.2) is 49.2 Å². The van der Waals surface area contributed by atoms with Gasteiger partial charge in [0.05, 0.1) is 13.7 Å². The Morgan fingerprint density at radius 1 is 1.21 bits per heavy atom. The van der Waals surface area contributed by atoms with Crippen molar-refractivity contribution >= 4 is 0 Å². The van der Waals surface area contributed by atoms with Gasteiger partial charge in [-0.25, -0.2) is 14.6 Å². The van der Waals surface area contributed by atoms with Gasteiger partial charge in [-0.05, 0) is 17.7 Å². The van der Waals surface area contributed by atoms with E-state index in [9.17, 15) is 8.78 Å². The molecule has 124 valence electrons. The summed E-state index contributed by atoms with van der Waals surface area (Å²) in [6.45, 7) is -2.56. The minimum absolute atomic E-state index is 0.156. The zero-order valence-corrected chi connectivity index (χ0v) is 12.8. The molecule has 3 aromatic rings. The van der Waals surface area contributed by atoms with Gasteiger partial charge in [0.1, 0.15) is 18.4 Å². The molecule has 1 aromatic carbocycles. The molecule has 6 nitrogen and oxygen atoms in total. The van der Waals surface area contributed by atoms with Crippen LogP contribution < -0.4 is 9.47 Å². The molecule has 0 N–H and O–H groups in total. The van der Waals surface area contributed by atoms with Crippen LogP contribution >= 0.6 is 0 Å². The molecule has 0 aliphatic heterocycles. The summed E-state index contributed by atoms with van der Waals surface area (Å²) in [6, 6.07) is 8.81. The molecule has 8 heteroatoms. The summed E-state index contributed by atoms with van der Waals surface area (Å²) in [5.74, 6) is 0.383. The van der Waals surface area contributed by atoms with Crippen molar-refractivity contribution in [3.63, 3.8) is 0 Å². The number of halogens is 2. The van der Waals surface area contributed by atoms with Gasteiger partial charge >= 0.3 is 6.61 Å². The molecule has 2 aromatic heterocycles. The quantitative estimate of drug-likeness (QED) is 0.694. The number of nitrogens with zero attached hydrogens (tertiary/aromatic N) is 4. The molecule has 3 rings (SSSR count). The van der Waals surface area contributed by atoms with E-state index in [0.717, 1.165) is 5.56 Å². The Labute approximate surface area is 136 Å². The predicted molar refractivity (Wildman–Crippen MR) is 82.0 cm³/mol. The van der Waals surface area contributed by atoms with Gasteiger partial charge in [-0.2, -0.15) is 13.9 Å². The lowest BCUT2D eigenvalue weighted by Crippen LogP contribution is -2.07. The highest BCUT2D eigenvalue weighted by molar-refractivity contribution is 5.74. The van der Waals surface area contributed by atoms with Crippen LogP contribution in [0.2, 0.25) is 0 Å². The van der Waals surface area contributed by atoms with Crippen LogP contribution in [-0.4, -0.2) is 33.5 Å². The van der Waals surface area contributed by atoms with Gasteiger partial charge in [-0.3, -0.25) is 0 Å². The number of aromatic nitrogens is 4. The second kappa shape index (κ2) is 7.03. The average molecular weight is 332 g/mol. The fraction of sp³-hybridized carbons (Fsp3) is 0.188. The van der Waals surface area contributed by atoms with E-state index in [-0.39, 0.29) is 5.88 Å². The van der Waals surface area contributed by atoms with Gasteiger partial charge in [-0.15, -0.1) is 0 Å². The zero-order chi connectivity index (χ0) is 16.9. The van der Waals surface area contributed by atoms with Gasteiger partial charge in [0.15, 0.2) is 0 Å². The van der Waals surface area contributed by atoms with E-state index in [1.54, 1.807) is 41.3 Å². The van der Waals surface area contributed by atoms with E-state index in [1.165, 1.54) is 19.6 Å². The molecule has 0 fully saturated rings. The van der Waals surface area contributed by atoms with Gasteiger partial charge in [0.2, 0.25) is 5.88 Å². The molecule has 0 bridgehead atoms. The number of hydrogen-bond acceptors (Lipinski definition) is 5. The highest BCUT2D eigenvalue weighted by Crippen LogP contribution is 2.36. The van der Waals surface area contributed by atoms with Crippen LogP contribution in [0.5, 0.6) is 11.6 Å². The Hall–Kier alpha value is -3.03. The topological polar surface area (TPSA) is 62.1 Å². The van der Waals surface area contributed by atoms with Crippen molar-refractivity contribution in [2.45, 2.75) is 13.2 Å². The average Bonchev–Trinajstić information content (AvgIpc) is 3.09. The molecule has 0 amide bonds. The van der Waals surface area contributed by atoms with Crippen molar-refractivity contribution in [2.24, 2.45) is 0 Å². The van der Waals surface area contributed by atoms with Crippen LogP contribution in [0.4, 0.5) is 8.78 Å². The van der Waals surface area contributed by atoms with E-state index in [2.05, 4.69) is 19.8 Å². The van der Waals surface area contributed by atoms with Gasteiger partial charge in [0.25, 0.3) is 0 Å². The van der Waals surface area contributed by atoms with E-state index in [4.69, 9.17) is 4.74 Å². The summed E-state index contributed by atoms with van der Waals surface area (Å²) in [6.07, 6.45) is 4.45. The largest absolute Gasteiger partial charge is 0.496 e. The molecular formula is C16H14F2N4O2. The van der Waals surface area contributed by atoms with Crippen molar-refractivity contribution in [1.29, 1.82) is 0 Å². The lowest BCUT2D eigenvalue weighted by atomic mass is 10.0. The summed E-state index contributed by atoms with van der Waals surface area (Å²) in [4.78, 5) is 7.90. The first-order valence-corrected chi connectivity index (χ1v) is 7.07. The first-order chi connectivity index (χ1) is 11.7. The van der Waals surface area contributed by atoms with Crippen LogP contribution in [0.3, 0.4) is 0 Å². The molecule has 2 heterocycles. The third-order valence-corrected chi connectivity index (χ3v) is 3.32. The number of para-hydroxylation sites is 1. The Kier molecular flexibility index (Phi) is 4.64. The molecule has 0 atom stereocenters. The molecule has 0 spiro atoms. The minimum Gasteiger partial charge on any atom is -0.496 e. The molecule has 0 aliphatic carbocycles. The summed E-state index contributed by atoms with van der Waals surface area (Å²) in [7, 11) is 1.51. The lowest BCUT2D eigenvalue weighted by molar-refractivity contribution is -0.0524. The first-order valence-electron chi connectivity index (χ1n) is 7.07. The summed E-state index contributed by atoms with van der Waals surface area (Å²) in [5, 5.41) is 4.02. The summed E-state index contributed by atoms with van der Waals surface area (Å²) >= 11 is 0. The molecule has 0 unspecified atom stereocenters. The summed E-state index contributed by atoms with van der Waals surface area (Å²) < 4.78 is 36.8. The Bertz CT molecular complexity index is 810. The van der Waals surface area contributed by atoms with Crippen LogP contribution in [0.25, 0.3) is 11.1 Å². The number of methoxy groups -OCH3 is 1. The van der Waals surface area contributed by atoms with Crippen molar-refractivity contribution in [3.8, 4) is 22.8 Å². The monoisotopic (exact) mass is 332 g/mol. The molecule has 0 radical (unpaired) electrons. The fourth-order valence-electron chi connectivity index (χ4n) is 2.32. The molecule has 24 heavy (non-hydrogen) atoms. The maximum absolute atomic E-state index is 12.7. The number of hydrogen-bond donors (Lipinski definition) is 0. The predicted octanol–water partition coefficient (Wildman–Crippen LogP) is 3.00. The van der Waals surface area contributed by atoms with Crippen molar-refractivity contribution in [3.05, 3.63) is 54.7 Å². The third-order valence-electron chi connectivity index (χ3n) is 3.32. The van der Waals surface area contributed by atoms with Crippen molar-refractivity contribution < 1.29 is 18.3 Å². The van der Waals surface area contributed by atoms with Gasteiger partial charge in [-0.1, -0.05) is 18.2 Å². The van der Waals surface area contributed by atoms with Crippen molar-refractivity contribution in [2.75, 3.05) is 7.11 Å². The third kappa shape index (κ3) is 3.48. The standard InChI is InChI=1S/C16H14F2N4O2/c1-23-14-5-3-2-4-12(14)13-6-11(8-22-10-19-9-21-22)7-20-15(13)24-16(17)18/h2-7,9-10,16H,8H2,1H3. The summed E-state index contributed by atoms with van der Waals surface area (Å²) in [5.41, 5.74) is 1.80. The zero-order valence-electron chi connectivity index (χ0n) is 12.8. The number of benzene rings is 1. The van der Waals surface area contributed by atoms with E-state index < -0.39 is 6.61 Å². The second-order valence-electron chi connectivity index (χ2n) is 4.87. The number of pyridine rings is 1. The van der Waals surface area contributed by atoms with Crippen LogP contribution in [0.1, 0.15) is 5.56 Å². The smallest absolute Gasteiger partial charge is 0.388 e. The lowest BCUT2D eigenvalue weighted by Gasteiger charge is -2.14. The van der Waals surface area contributed by atoms with E-state index >= 15 is 0 Å². The Morgan fingerprint density at radius 3 is 2.75 bits per heavy atom. The maximum atomic E-state index is 12.7. The molecular weight excluding hydrogens is 318 g/mol. The second-order valence-corrected chi connectivity index (χ2v) is 4.87. The Morgan fingerprint density at radius 2 is 2.04 bits per heavy atom. The maximum Gasteiger partial charge on any atom is 0.388 e.